The Morgan fingerprint density at radius 3 is 2.50 bits per heavy atom. The van der Waals surface area contributed by atoms with E-state index in [1.165, 1.54) is 32.1 Å². The van der Waals surface area contributed by atoms with Gasteiger partial charge in [-0.25, -0.2) is 4.79 Å². The second-order valence-corrected chi connectivity index (χ2v) is 5.08. The maximum Gasteiger partial charge on any atom is 0.335 e. The fraction of sp³-hybridized carbons (Fsp3) is 0.923. The molecule has 0 heterocycles. The lowest BCUT2D eigenvalue weighted by molar-refractivity contribution is -0.157. The Labute approximate surface area is 98.2 Å². The molecule has 0 amide bonds. The van der Waals surface area contributed by atoms with Crippen molar-refractivity contribution in [3.63, 3.8) is 0 Å². The van der Waals surface area contributed by atoms with Gasteiger partial charge >= 0.3 is 5.97 Å². The van der Waals surface area contributed by atoms with E-state index in [0.29, 0.717) is 12.3 Å². The van der Waals surface area contributed by atoms with Crippen LogP contribution in [0.4, 0.5) is 0 Å². The SMILES string of the molecule is CC(C)OC(=O)[C@@H](O)CCC1CCCCC1. The highest BCUT2D eigenvalue weighted by Gasteiger charge is 2.20. The van der Waals surface area contributed by atoms with Crippen LogP contribution in [0.1, 0.15) is 58.8 Å². The normalized spacial score (nSPS) is 19.8. The molecule has 0 aromatic heterocycles. The summed E-state index contributed by atoms with van der Waals surface area (Å²) in [5.41, 5.74) is 0. The summed E-state index contributed by atoms with van der Waals surface area (Å²) in [6, 6.07) is 0. The fourth-order valence-electron chi connectivity index (χ4n) is 2.30. The van der Waals surface area contributed by atoms with E-state index in [1.54, 1.807) is 13.8 Å². The maximum atomic E-state index is 11.4. The van der Waals surface area contributed by atoms with Crippen LogP contribution in [0.15, 0.2) is 0 Å². The average molecular weight is 228 g/mol. The second kappa shape index (κ2) is 6.89. The van der Waals surface area contributed by atoms with Gasteiger partial charge in [0.1, 0.15) is 0 Å². The Morgan fingerprint density at radius 1 is 1.31 bits per heavy atom. The molecule has 0 aromatic rings. The molecule has 3 heteroatoms. The second-order valence-electron chi connectivity index (χ2n) is 5.08. The number of rotatable bonds is 5. The van der Waals surface area contributed by atoms with Gasteiger partial charge in [0.15, 0.2) is 6.10 Å². The Hall–Kier alpha value is -0.570. The molecule has 1 fully saturated rings. The molecule has 94 valence electrons. The van der Waals surface area contributed by atoms with Crippen LogP contribution in [-0.4, -0.2) is 23.3 Å². The Kier molecular flexibility index (Phi) is 5.81. The van der Waals surface area contributed by atoms with Crippen LogP contribution in [0.5, 0.6) is 0 Å². The molecule has 16 heavy (non-hydrogen) atoms. The van der Waals surface area contributed by atoms with Crippen LogP contribution in [0.2, 0.25) is 0 Å². The number of aliphatic hydroxyl groups excluding tert-OH is 1. The first kappa shape index (κ1) is 13.5. The molecule has 0 unspecified atom stereocenters. The molecule has 3 nitrogen and oxygen atoms in total. The van der Waals surface area contributed by atoms with Crippen molar-refractivity contribution in [2.75, 3.05) is 0 Å². The van der Waals surface area contributed by atoms with Gasteiger partial charge < -0.3 is 9.84 Å². The number of esters is 1. The molecule has 0 saturated heterocycles. The van der Waals surface area contributed by atoms with Gasteiger partial charge in [0, 0.05) is 0 Å². The van der Waals surface area contributed by atoms with E-state index < -0.39 is 12.1 Å². The lowest BCUT2D eigenvalue weighted by atomic mass is 9.85. The van der Waals surface area contributed by atoms with Crippen LogP contribution in [0.3, 0.4) is 0 Å². The van der Waals surface area contributed by atoms with Gasteiger partial charge in [-0.1, -0.05) is 32.1 Å². The molecular formula is C13H24O3. The van der Waals surface area contributed by atoms with Crippen molar-refractivity contribution < 1.29 is 14.6 Å². The van der Waals surface area contributed by atoms with E-state index in [2.05, 4.69) is 0 Å². The first-order valence-electron chi connectivity index (χ1n) is 6.48. The smallest absolute Gasteiger partial charge is 0.335 e. The number of ether oxygens (including phenoxy) is 1. The molecule has 1 aliphatic rings. The summed E-state index contributed by atoms with van der Waals surface area (Å²) < 4.78 is 4.96. The predicted molar refractivity (Wildman–Crippen MR) is 63.0 cm³/mol. The fourth-order valence-corrected chi connectivity index (χ4v) is 2.30. The highest BCUT2D eigenvalue weighted by molar-refractivity contribution is 5.74. The number of hydrogen-bond donors (Lipinski definition) is 1. The monoisotopic (exact) mass is 228 g/mol. The van der Waals surface area contributed by atoms with Gasteiger partial charge in [-0.15, -0.1) is 0 Å². The molecule has 0 aromatic carbocycles. The molecule has 0 radical (unpaired) electrons. The first-order valence-corrected chi connectivity index (χ1v) is 6.48. The number of carbonyl (C=O) groups is 1. The molecule has 0 spiro atoms. The van der Waals surface area contributed by atoms with Crippen molar-refractivity contribution in [1.29, 1.82) is 0 Å². The van der Waals surface area contributed by atoms with Crippen molar-refractivity contribution in [2.45, 2.75) is 71.0 Å². The largest absolute Gasteiger partial charge is 0.461 e. The maximum absolute atomic E-state index is 11.4. The molecule has 1 saturated carbocycles. The summed E-state index contributed by atoms with van der Waals surface area (Å²) in [7, 11) is 0. The summed E-state index contributed by atoms with van der Waals surface area (Å²) in [6.45, 7) is 3.59. The minimum absolute atomic E-state index is 0.142. The van der Waals surface area contributed by atoms with Gasteiger partial charge in [0.2, 0.25) is 0 Å². The molecule has 0 aliphatic heterocycles. The average Bonchev–Trinajstić information content (AvgIpc) is 2.26. The van der Waals surface area contributed by atoms with Crippen LogP contribution in [-0.2, 0) is 9.53 Å². The van der Waals surface area contributed by atoms with Crippen molar-refractivity contribution in [3.05, 3.63) is 0 Å². The van der Waals surface area contributed by atoms with Crippen molar-refractivity contribution >= 4 is 5.97 Å². The Balaban J connectivity index is 2.17. The molecule has 0 bridgehead atoms. The topological polar surface area (TPSA) is 46.5 Å². The van der Waals surface area contributed by atoms with E-state index in [-0.39, 0.29) is 6.10 Å². The Bertz CT molecular complexity index is 207. The Morgan fingerprint density at radius 2 is 1.94 bits per heavy atom. The summed E-state index contributed by atoms with van der Waals surface area (Å²) in [6.07, 6.45) is 6.90. The minimum Gasteiger partial charge on any atom is -0.461 e. The van der Waals surface area contributed by atoms with Gasteiger partial charge in [-0.2, -0.15) is 0 Å². The zero-order chi connectivity index (χ0) is 12.0. The van der Waals surface area contributed by atoms with Crippen molar-refractivity contribution in [1.82, 2.24) is 0 Å². The third-order valence-electron chi connectivity index (χ3n) is 3.20. The highest BCUT2D eigenvalue weighted by atomic mass is 16.6. The van der Waals surface area contributed by atoms with E-state index in [4.69, 9.17) is 4.74 Å². The van der Waals surface area contributed by atoms with E-state index in [1.807, 2.05) is 0 Å². The summed E-state index contributed by atoms with van der Waals surface area (Å²) in [5.74, 6) is 0.237. The number of aliphatic hydroxyl groups is 1. The highest BCUT2D eigenvalue weighted by Crippen LogP contribution is 2.27. The molecule has 1 aliphatic carbocycles. The third-order valence-corrected chi connectivity index (χ3v) is 3.20. The number of hydrogen-bond acceptors (Lipinski definition) is 3. The zero-order valence-corrected chi connectivity index (χ0v) is 10.4. The van der Waals surface area contributed by atoms with Gasteiger partial charge in [-0.3, -0.25) is 0 Å². The van der Waals surface area contributed by atoms with Crippen LogP contribution >= 0.6 is 0 Å². The molecule has 1 atom stereocenters. The van der Waals surface area contributed by atoms with Crippen LogP contribution in [0.25, 0.3) is 0 Å². The zero-order valence-electron chi connectivity index (χ0n) is 10.4. The van der Waals surface area contributed by atoms with Gasteiger partial charge in [0.05, 0.1) is 6.10 Å². The third kappa shape index (κ3) is 4.97. The summed E-state index contributed by atoms with van der Waals surface area (Å²) in [5, 5.41) is 9.62. The lowest BCUT2D eigenvalue weighted by Crippen LogP contribution is -2.26. The quantitative estimate of drug-likeness (QED) is 0.736. The van der Waals surface area contributed by atoms with Gasteiger partial charge in [-0.05, 0) is 32.6 Å². The minimum atomic E-state index is -0.927. The van der Waals surface area contributed by atoms with Crippen molar-refractivity contribution in [2.24, 2.45) is 5.92 Å². The molecular weight excluding hydrogens is 204 g/mol. The van der Waals surface area contributed by atoms with Crippen LogP contribution in [0, 0.1) is 5.92 Å². The number of carbonyl (C=O) groups excluding carboxylic acids is 1. The van der Waals surface area contributed by atoms with E-state index in [9.17, 15) is 9.90 Å². The van der Waals surface area contributed by atoms with Gasteiger partial charge in [0.25, 0.3) is 0 Å². The van der Waals surface area contributed by atoms with E-state index >= 15 is 0 Å². The molecule has 1 rings (SSSR count). The standard InChI is InChI=1S/C13H24O3/c1-10(2)16-13(15)12(14)9-8-11-6-4-3-5-7-11/h10-12,14H,3-9H2,1-2H3/t12-/m0/s1. The lowest BCUT2D eigenvalue weighted by Gasteiger charge is -2.22. The first-order chi connectivity index (χ1) is 7.59. The predicted octanol–water partition coefficient (Wildman–Crippen LogP) is 2.66. The summed E-state index contributed by atoms with van der Waals surface area (Å²) >= 11 is 0. The van der Waals surface area contributed by atoms with Crippen LogP contribution < -0.4 is 0 Å². The van der Waals surface area contributed by atoms with Crippen molar-refractivity contribution in [3.8, 4) is 0 Å². The summed E-state index contributed by atoms with van der Waals surface area (Å²) in [4.78, 5) is 11.4. The van der Waals surface area contributed by atoms with E-state index in [0.717, 1.165) is 6.42 Å². The molecule has 1 N–H and O–H groups in total.